The van der Waals surface area contributed by atoms with Crippen LogP contribution in [-0.2, 0) is 0 Å². The first-order valence-electron chi connectivity index (χ1n) is 17.1. The highest BCUT2D eigenvalue weighted by molar-refractivity contribution is 7.99. The molecule has 8 aromatic rings. The molecule has 0 atom stereocenters. The average molecular weight is 713 g/mol. The molecule has 8 rings (SSSR count). The van der Waals surface area contributed by atoms with Crippen LogP contribution in [-0.4, -0.2) is 12.5 Å². The van der Waals surface area contributed by atoms with Crippen LogP contribution >= 0.6 is 23.5 Å². The maximum Gasteiger partial charge on any atom is 0.131 e. The molecule has 0 aliphatic carbocycles. The second-order valence-corrected chi connectivity index (χ2v) is 14.3. The zero-order valence-electron chi connectivity index (χ0n) is 28.7. The molecule has 52 heavy (non-hydrogen) atoms. The molecular weight excluding hydrogens is 679 g/mol. The first-order chi connectivity index (χ1) is 25.5. The SMILES string of the molecule is CSc1c(-c2cc(-c3ccc(-c4ccccc4)cc3)ccc2F)ccc2c(SC)c(-c3cc(-c4ccc(-c5ccccc5)cc4)ccc3F)ccc12. The van der Waals surface area contributed by atoms with Gasteiger partial charge in [0.05, 0.1) is 0 Å². The lowest BCUT2D eigenvalue weighted by Crippen LogP contribution is -1.94. The highest BCUT2D eigenvalue weighted by Crippen LogP contribution is 2.45. The second kappa shape index (κ2) is 14.7. The fraction of sp³-hybridized carbons (Fsp3) is 0.0417. The van der Waals surface area contributed by atoms with E-state index in [0.29, 0.717) is 11.1 Å². The second-order valence-electron chi connectivity index (χ2n) is 12.7. The summed E-state index contributed by atoms with van der Waals surface area (Å²) >= 11 is 3.21. The highest BCUT2D eigenvalue weighted by Gasteiger charge is 2.19. The molecule has 0 heterocycles. The molecule has 0 aliphatic rings. The monoisotopic (exact) mass is 712 g/mol. The third-order valence-electron chi connectivity index (χ3n) is 9.67. The third kappa shape index (κ3) is 6.45. The summed E-state index contributed by atoms with van der Waals surface area (Å²) in [5, 5.41) is 2.03. The number of thioether (sulfide) groups is 2. The third-order valence-corrected chi connectivity index (χ3v) is 11.4. The first-order valence-corrected chi connectivity index (χ1v) is 19.6. The summed E-state index contributed by atoms with van der Waals surface area (Å²) in [6.07, 6.45) is 4.06. The Labute approximate surface area is 312 Å². The van der Waals surface area contributed by atoms with Gasteiger partial charge in [-0.05, 0) is 103 Å². The van der Waals surface area contributed by atoms with Crippen molar-refractivity contribution in [2.45, 2.75) is 9.79 Å². The lowest BCUT2D eigenvalue weighted by molar-refractivity contribution is 0.630. The van der Waals surface area contributed by atoms with Crippen molar-refractivity contribution in [3.8, 4) is 66.8 Å². The van der Waals surface area contributed by atoms with Gasteiger partial charge in [-0.1, -0.05) is 146 Å². The van der Waals surface area contributed by atoms with Crippen molar-refractivity contribution in [2.75, 3.05) is 12.5 Å². The maximum absolute atomic E-state index is 15.7. The van der Waals surface area contributed by atoms with Crippen LogP contribution in [0.25, 0.3) is 77.5 Å². The predicted molar refractivity (Wildman–Crippen MR) is 220 cm³/mol. The van der Waals surface area contributed by atoms with E-state index in [2.05, 4.69) is 84.9 Å². The van der Waals surface area contributed by atoms with Crippen molar-refractivity contribution in [2.24, 2.45) is 0 Å². The van der Waals surface area contributed by atoms with Crippen LogP contribution < -0.4 is 0 Å². The quantitative estimate of drug-likeness (QED) is 0.144. The Kier molecular flexibility index (Phi) is 9.51. The van der Waals surface area contributed by atoms with Crippen LogP contribution in [0.1, 0.15) is 0 Å². The molecule has 0 saturated heterocycles. The molecule has 252 valence electrons. The number of hydrogen-bond donors (Lipinski definition) is 0. The van der Waals surface area contributed by atoms with E-state index in [9.17, 15) is 0 Å². The van der Waals surface area contributed by atoms with Crippen molar-refractivity contribution in [3.05, 3.63) is 181 Å². The average Bonchev–Trinajstić information content (AvgIpc) is 3.21. The van der Waals surface area contributed by atoms with Gasteiger partial charge in [-0.2, -0.15) is 0 Å². The standard InChI is InChI=1S/C48H34F2S2/c1-51-47-39-23-26-42(44-30-38(22-28-46(44)50)36-19-15-34(16-20-36)32-11-7-4-8-12-32)48(52-2)40(39)24-25-41(47)43-29-37(21-27-45(43)49)35-17-13-33(14-18-35)31-9-5-3-6-10-31/h3-30H,1-2H3. The van der Waals surface area contributed by atoms with Gasteiger partial charge in [0.1, 0.15) is 11.6 Å². The summed E-state index contributed by atoms with van der Waals surface area (Å²) in [7, 11) is 0. The molecule has 0 aliphatic heterocycles. The van der Waals surface area contributed by atoms with Gasteiger partial charge >= 0.3 is 0 Å². The van der Waals surface area contributed by atoms with E-state index in [0.717, 1.165) is 76.2 Å². The van der Waals surface area contributed by atoms with E-state index in [1.165, 1.54) is 0 Å². The smallest absolute Gasteiger partial charge is 0.131 e. The Hall–Kier alpha value is -5.42. The van der Waals surface area contributed by atoms with Gasteiger partial charge in [0.25, 0.3) is 0 Å². The zero-order valence-corrected chi connectivity index (χ0v) is 30.4. The summed E-state index contributed by atoms with van der Waals surface area (Å²) in [5.41, 5.74) is 11.3. The molecule has 0 radical (unpaired) electrons. The van der Waals surface area contributed by atoms with Crippen molar-refractivity contribution in [3.63, 3.8) is 0 Å². The summed E-state index contributed by atoms with van der Waals surface area (Å²) in [6, 6.07) is 56.2. The molecule has 0 aromatic heterocycles. The Bertz CT molecular complexity index is 2350. The normalized spacial score (nSPS) is 11.2. The number of rotatable bonds is 8. The summed E-state index contributed by atoms with van der Waals surface area (Å²) in [4.78, 5) is 1.98. The Morgan fingerprint density at radius 2 is 0.615 bits per heavy atom. The minimum Gasteiger partial charge on any atom is -0.206 e. The van der Waals surface area contributed by atoms with Crippen LogP contribution in [0.4, 0.5) is 8.78 Å². The lowest BCUT2D eigenvalue weighted by Gasteiger charge is -2.18. The van der Waals surface area contributed by atoms with Crippen LogP contribution in [0.3, 0.4) is 0 Å². The molecule has 0 nitrogen and oxygen atoms in total. The van der Waals surface area contributed by atoms with Crippen LogP contribution in [0.2, 0.25) is 0 Å². The van der Waals surface area contributed by atoms with Gasteiger partial charge in [-0.3, -0.25) is 0 Å². The lowest BCUT2D eigenvalue weighted by atomic mass is 9.93. The van der Waals surface area contributed by atoms with E-state index in [4.69, 9.17) is 0 Å². The molecule has 8 aromatic carbocycles. The van der Waals surface area contributed by atoms with Crippen molar-refractivity contribution in [1.29, 1.82) is 0 Å². The van der Waals surface area contributed by atoms with Gasteiger partial charge < -0.3 is 0 Å². The molecule has 0 N–H and O–H groups in total. The predicted octanol–water partition coefficient (Wildman–Crippen LogP) is 14.6. The summed E-state index contributed by atoms with van der Waals surface area (Å²) in [6.45, 7) is 0. The Morgan fingerprint density at radius 3 is 0.962 bits per heavy atom. The van der Waals surface area contributed by atoms with E-state index in [-0.39, 0.29) is 11.6 Å². The molecule has 0 amide bonds. The van der Waals surface area contributed by atoms with Crippen LogP contribution in [0.5, 0.6) is 0 Å². The maximum atomic E-state index is 15.7. The highest BCUT2D eigenvalue weighted by atomic mass is 32.2. The molecular formula is C48H34F2S2. The topological polar surface area (TPSA) is 0 Å². The minimum atomic E-state index is -0.267. The van der Waals surface area contributed by atoms with Gasteiger partial charge in [0.15, 0.2) is 0 Å². The number of hydrogen-bond acceptors (Lipinski definition) is 2. The fourth-order valence-electron chi connectivity index (χ4n) is 7.01. The summed E-state index contributed by atoms with van der Waals surface area (Å²) in [5.74, 6) is -0.534. The molecule has 0 saturated carbocycles. The number of benzene rings is 8. The largest absolute Gasteiger partial charge is 0.206 e. The van der Waals surface area contributed by atoms with Gasteiger partial charge in [-0.15, -0.1) is 23.5 Å². The van der Waals surface area contributed by atoms with E-state index in [1.54, 1.807) is 35.7 Å². The molecule has 0 bridgehead atoms. The zero-order chi connectivity index (χ0) is 35.6. The van der Waals surface area contributed by atoms with Gasteiger partial charge in [0, 0.05) is 20.9 Å². The Morgan fingerprint density at radius 1 is 0.308 bits per heavy atom. The van der Waals surface area contributed by atoms with E-state index < -0.39 is 0 Å². The van der Waals surface area contributed by atoms with Gasteiger partial charge in [-0.25, -0.2) is 8.78 Å². The summed E-state index contributed by atoms with van der Waals surface area (Å²) < 4.78 is 31.4. The fourth-order valence-corrected chi connectivity index (χ4v) is 8.60. The van der Waals surface area contributed by atoms with Gasteiger partial charge in [0.2, 0.25) is 0 Å². The molecule has 0 fully saturated rings. The number of fused-ring (bicyclic) bond motifs is 1. The minimum absolute atomic E-state index is 0.267. The van der Waals surface area contributed by atoms with Crippen LogP contribution in [0.15, 0.2) is 180 Å². The van der Waals surface area contributed by atoms with Crippen molar-refractivity contribution >= 4 is 34.3 Å². The van der Waals surface area contributed by atoms with Crippen molar-refractivity contribution < 1.29 is 8.78 Å². The molecule has 0 unspecified atom stereocenters. The number of halogens is 2. The van der Waals surface area contributed by atoms with E-state index in [1.807, 2.05) is 85.3 Å². The van der Waals surface area contributed by atoms with Crippen molar-refractivity contribution in [1.82, 2.24) is 0 Å². The molecule has 0 spiro atoms. The first kappa shape index (κ1) is 33.7. The van der Waals surface area contributed by atoms with E-state index >= 15 is 8.78 Å². The molecule has 4 heteroatoms. The Balaban J connectivity index is 1.16. The van der Waals surface area contributed by atoms with Crippen LogP contribution in [0, 0.1) is 11.6 Å².